The molecular weight excluding hydrogens is 190 g/mol. The average Bonchev–Trinajstić information content (AvgIpc) is 2.30. The Balaban J connectivity index is 3.31. The minimum atomic E-state index is -1.49. The van der Waals surface area contributed by atoms with Crippen molar-refractivity contribution in [2.75, 3.05) is 0 Å². The first-order chi connectivity index (χ1) is 5.54. The van der Waals surface area contributed by atoms with Crippen LogP contribution in [0.15, 0.2) is 6.20 Å². The van der Waals surface area contributed by atoms with E-state index >= 15 is 0 Å². The number of aromatic nitrogens is 2. The Hall–Kier alpha value is -1.63. The van der Waals surface area contributed by atoms with Gasteiger partial charge < -0.3 is 5.11 Å². The number of nitrogens with zero attached hydrogens (tertiary/aromatic N) is 3. The lowest BCUT2D eigenvalue weighted by atomic mass is 10.4. The molecule has 0 saturated heterocycles. The number of nitro groups is 1. The Labute approximate surface area is 70.4 Å². The molecule has 1 aromatic rings. The Kier molecular flexibility index (Phi) is 1.96. The van der Waals surface area contributed by atoms with Crippen LogP contribution in [0.5, 0.6) is 0 Å². The Morgan fingerprint density at radius 3 is 2.75 bits per heavy atom. The Morgan fingerprint density at radius 2 is 2.42 bits per heavy atom. The number of hydrogen-bond donors (Lipinski definition) is 1. The van der Waals surface area contributed by atoms with Gasteiger partial charge in [0.1, 0.15) is 6.20 Å². The number of hydrogen-bond acceptors (Lipinski definition) is 4. The van der Waals surface area contributed by atoms with Crippen molar-refractivity contribution in [1.82, 2.24) is 9.30 Å². The SMILES string of the molecule is O=C(O)c1c([N+](=O)[O-])cnn1Cl. The summed E-state index contributed by atoms with van der Waals surface area (Å²) in [6, 6.07) is 0. The smallest absolute Gasteiger partial charge is 0.363 e. The second-order valence-corrected chi connectivity index (χ2v) is 2.12. The summed E-state index contributed by atoms with van der Waals surface area (Å²) in [5, 5.41) is 21.8. The summed E-state index contributed by atoms with van der Waals surface area (Å²) in [6.07, 6.45) is 0.774. The first-order valence-corrected chi connectivity index (χ1v) is 2.99. The van der Waals surface area contributed by atoms with E-state index in [0.29, 0.717) is 4.20 Å². The maximum absolute atomic E-state index is 10.4. The summed E-state index contributed by atoms with van der Waals surface area (Å²) in [7, 11) is 0. The van der Waals surface area contributed by atoms with Crippen LogP contribution in [0.25, 0.3) is 0 Å². The summed E-state index contributed by atoms with van der Waals surface area (Å²) in [5.74, 6) is -1.49. The van der Waals surface area contributed by atoms with Gasteiger partial charge in [0, 0.05) is 11.8 Å². The van der Waals surface area contributed by atoms with Crippen LogP contribution in [0.2, 0.25) is 0 Å². The van der Waals surface area contributed by atoms with Gasteiger partial charge in [-0.3, -0.25) is 10.1 Å². The summed E-state index contributed by atoms with van der Waals surface area (Å²) < 4.78 is 0.417. The molecule has 0 saturated carbocycles. The van der Waals surface area contributed by atoms with Gasteiger partial charge in [-0.2, -0.15) is 9.30 Å². The molecule has 0 radical (unpaired) electrons. The largest absolute Gasteiger partial charge is 0.476 e. The molecule has 0 aliphatic rings. The third kappa shape index (κ3) is 1.21. The van der Waals surface area contributed by atoms with Gasteiger partial charge in [-0.1, -0.05) is 0 Å². The van der Waals surface area contributed by atoms with E-state index in [4.69, 9.17) is 16.9 Å². The summed E-state index contributed by atoms with van der Waals surface area (Å²) in [5.41, 5.74) is -1.28. The highest BCUT2D eigenvalue weighted by atomic mass is 35.5. The first-order valence-electron chi connectivity index (χ1n) is 2.66. The molecule has 1 rings (SSSR count). The summed E-state index contributed by atoms with van der Waals surface area (Å²) in [4.78, 5) is 19.7. The van der Waals surface area contributed by atoms with Gasteiger partial charge in [0.25, 0.3) is 0 Å². The molecule has 1 N–H and O–H groups in total. The lowest BCUT2D eigenvalue weighted by molar-refractivity contribution is -0.385. The minimum absolute atomic E-state index is 0.417. The Bertz CT molecular complexity index is 346. The van der Waals surface area contributed by atoms with Crippen molar-refractivity contribution in [2.45, 2.75) is 0 Å². The van der Waals surface area contributed by atoms with Crippen molar-refractivity contribution in [2.24, 2.45) is 0 Å². The van der Waals surface area contributed by atoms with Gasteiger partial charge in [-0.25, -0.2) is 4.79 Å². The maximum Gasteiger partial charge on any atom is 0.363 e. The minimum Gasteiger partial charge on any atom is -0.476 e. The fraction of sp³-hybridized carbons (Fsp3) is 0. The number of rotatable bonds is 2. The van der Waals surface area contributed by atoms with Crippen LogP contribution in [-0.4, -0.2) is 25.3 Å². The number of carboxylic acid groups (broad SMARTS) is 1. The van der Waals surface area contributed by atoms with Crippen molar-refractivity contribution >= 4 is 23.4 Å². The van der Waals surface area contributed by atoms with Crippen molar-refractivity contribution in [3.63, 3.8) is 0 Å². The number of carboxylic acids is 1. The molecule has 0 amide bonds. The predicted octanol–water partition coefficient (Wildman–Crippen LogP) is 0.491. The second-order valence-electron chi connectivity index (χ2n) is 1.80. The van der Waals surface area contributed by atoms with Crippen LogP contribution >= 0.6 is 11.8 Å². The highest BCUT2D eigenvalue weighted by molar-refractivity contribution is 6.17. The molecule has 0 aliphatic heterocycles. The maximum atomic E-state index is 10.4. The fourth-order valence-corrected chi connectivity index (χ4v) is 0.843. The number of aromatic carboxylic acids is 1. The number of halogens is 1. The van der Waals surface area contributed by atoms with E-state index in [0.717, 1.165) is 6.20 Å². The highest BCUT2D eigenvalue weighted by Crippen LogP contribution is 2.17. The van der Waals surface area contributed by atoms with Gasteiger partial charge in [-0.05, 0) is 0 Å². The van der Waals surface area contributed by atoms with E-state index in [1.165, 1.54) is 0 Å². The zero-order valence-electron chi connectivity index (χ0n) is 5.47. The van der Waals surface area contributed by atoms with Gasteiger partial charge in [0.15, 0.2) is 0 Å². The van der Waals surface area contributed by atoms with Crippen molar-refractivity contribution < 1.29 is 14.8 Å². The van der Waals surface area contributed by atoms with Crippen LogP contribution in [0.1, 0.15) is 10.5 Å². The van der Waals surface area contributed by atoms with Crippen LogP contribution in [0.4, 0.5) is 5.69 Å². The normalized spacial score (nSPS) is 9.75. The quantitative estimate of drug-likeness (QED) is 0.542. The van der Waals surface area contributed by atoms with E-state index in [1.807, 2.05) is 0 Å². The fourth-order valence-electron chi connectivity index (χ4n) is 0.641. The first kappa shape index (κ1) is 8.47. The molecule has 0 spiro atoms. The Morgan fingerprint density at radius 1 is 1.83 bits per heavy atom. The third-order valence-corrected chi connectivity index (χ3v) is 1.36. The molecule has 1 heterocycles. The topological polar surface area (TPSA) is 98.3 Å². The number of carbonyl (C=O) groups is 1. The van der Waals surface area contributed by atoms with Crippen molar-refractivity contribution in [1.29, 1.82) is 0 Å². The predicted molar refractivity (Wildman–Crippen MR) is 37.1 cm³/mol. The van der Waals surface area contributed by atoms with E-state index in [-0.39, 0.29) is 0 Å². The zero-order valence-corrected chi connectivity index (χ0v) is 6.22. The van der Waals surface area contributed by atoms with Gasteiger partial charge >= 0.3 is 11.7 Å². The van der Waals surface area contributed by atoms with Gasteiger partial charge in [0.2, 0.25) is 5.69 Å². The molecule has 0 atom stereocenters. The van der Waals surface area contributed by atoms with Crippen LogP contribution < -0.4 is 0 Å². The van der Waals surface area contributed by atoms with Crippen LogP contribution in [0, 0.1) is 10.1 Å². The van der Waals surface area contributed by atoms with Crippen LogP contribution in [-0.2, 0) is 0 Å². The zero-order chi connectivity index (χ0) is 9.30. The lowest BCUT2D eigenvalue weighted by Crippen LogP contribution is -2.04. The van der Waals surface area contributed by atoms with Crippen molar-refractivity contribution in [3.05, 3.63) is 22.0 Å². The second kappa shape index (κ2) is 2.78. The molecule has 1 aromatic heterocycles. The third-order valence-electron chi connectivity index (χ3n) is 1.11. The van der Waals surface area contributed by atoms with E-state index in [1.54, 1.807) is 0 Å². The van der Waals surface area contributed by atoms with E-state index in [2.05, 4.69) is 5.10 Å². The molecule has 7 nitrogen and oxygen atoms in total. The van der Waals surface area contributed by atoms with Gasteiger partial charge in [0.05, 0.1) is 4.92 Å². The monoisotopic (exact) mass is 191 g/mol. The molecule has 12 heavy (non-hydrogen) atoms. The van der Waals surface area contributed by atoms with Gasteiger partial charge in [-0.15, -0.1) is 0 Å². The lowest BCUT2D eigenvalue weighted by Gasteiger charge is -1.90. The molecule has 64 valence electrons. The van der Waals surface area contributed by atoms with E-state index in [9.17, 15) is 14.9 Å². The van der Waals surface area contributed by atoms with Crippen molar-refractivity contribution in [3.8, 4) is 0 Å². The molecule has 0 unspecified atom stereocenters. The molecule has 0 bridgehead atoms. The molecule has 0 aromatic carbocycles. The standard InChI is InChI=1S/C4H2ClN3O4/c5-7-3(4(9)10)2(1-6-7)8(11)12/h1H,(H,9,10). The molecule has 8 heteroatoms. The molecular formula is C4H2ClN3O4. The highest BCUT2D eigenvalue weighted by Gasteiger charge is 2.25. The average molecular weight is 192 g/mol. The summed E-state index contributed by atoms with van der Waals surface area (Å²) >= 11 is 5.20. The molecule has 0 aliphatic carbocycles. The van der Waals surface area contributed by atoms with E-state index < -0.39 is 22.3 Å². The van der Waals surface area contributed by atoms with Crippen LogP contribution in [0.3, 0.4) is 0 Å². The summed E-state index contributed by atoms with van der Waals surface area (Å²) in [6.45, 7) is 0. The molecule has 0 fully saturated rings.